The van der Waals surface area contributed by atoms with Crippen LogP contribution in [-0.2, 0) is 13.0 Å². The minimum absolute atomic E-state index is 0.174. The zero-order valence-electron chi connectivity index (χ0n) is 11.5. The Kier molecular flexibility index (Phi) is 5.37. The molecule has 1 aromatic heterocycles. The van der Waals surface area contributed by atoms with Crippen molar-refractivity contribution in [2.24, 2.45) is 0 Å². The number of hydrogen-bond donors (Lipinski definition) is 1. The molecule has 108 valence electrons. The number of aromatic nitrogens is 3. The van der Waals surface area contributed by atoms with Crippen molar-refractivity contribution >= 4 is 0 Å². The van der Waals surface area contributed by atoms with Gasteiger partial charge in [-0.2, -0.15) is 0 Å². The molecule has 0 saturated carbocycles. The molecule has 2 rings (SSSR count). The van der Waals surface area contributed by atoms with Gasteiger partial charge in [-0.05, 0) is 37.1 Å². The average Bonchev–Trinajstić information content (AvgIpc) is 2.94. The standard InChI is InChI=1S/C14H19N3O3/c1-19-13-4-6-14(7-5-13)20-10-8-17-11-12(15-16-17)3-2-9-18/h4-7,11,18H,2-3,8-10H2,1H3. The smallest absolute Gasteiger partial charge is 0.119 e. The first-order valence-corrected chi connectivity index (χ1v) is 6.58. The van der Waals surface area contributed by atoms with Gasteiger partial charge in [0.25, 0.3) is 0 Å². The molecule has 0 amide bonds. The molecule has 0 aliphatic heterocycles. The van der Waals surface area contributed by atoms with Gasteiger partial charge in [0, 0.05) is 12.8 Å². The number of benzene rings is 1. The number of aliphatic hydroxyl groups excluding tert-OH is 1. The number of rotatable bonds is 8. The van der Waals surface area contributed by atoms with Gasteiger partial charge < -0.3 is 14.6 Å². The zero-order valence-corrected chi connectivity index (χ0v) is 11.5. The number of nitrogens with zero attached hydrogens (tertiary/aromatic N) is 3. The third-order valence-electron chi connectivity index (χ3n) is 2.83. The highest BCUT2D eigenvalue weighted by Gasteiger charge is 2.01. The predicted molar refractivity (Wildman–Crippen MR) is 73.9 cm³/mol. The third-order valence-corrected chi connectivity index (χ3v) is 2.83. The molecule has 0 radical (unpaired) electrons. The van der Waals surface area contributed by atoms with Gasteiger partial charge in [-0.15, -0.1) is 5.10 Å². The minimum Gasteiger partial charge on any atom is -0.497 e. The molecular weight excluding hydrogens is 258 g/mol. The van der Waals surface area contributed by atoms with Crippen LogP contribution < -0.4 is 9.47 Å². The summed E-state index contributed by atoms with van der Waals surface area (Å²) in [5.41, 5.74) is 0.892. The van der Waals surface area contributed by atoms with Crippen LogP contribution in [0.1, 0.15) is 12.1 Å². The van der Waals surface area contributed by atoms with Gasteiger partial charge in [0.2, 0.25) is 0 Å². The molecule has 0 fully saturated rings. The lowest BCUT2D eigenvalue weighted by Gasteiger charge is -2.06. The van der Waals surface area contributed by atoms with Crippen LogP contribution in [0.15, 0.2) is 30.5 Å². The summed E-state index contributed by atoms with van der Waals surface area (Å²) in [5, 5.41) is 16.8. The second-order valence-electron chi connectivity index (χ2n) is 4.32. The molecule has 1 aromatic carbocycles. The molecule has 0 bridgehead atoms. The van der Waals surface area contributed by atoms with Gasteiger partial charge in [-0.25, -0.2) is 4.68 Å². The Bertz CT molecular complexity index is 511. The molecular formula is C14H19N3O3. The van der Waals surface area contributed by atoms with Crippen molar-refractivity contribution in [3.8, 4) is 11.5 Å². The van der Waals surface area contributed by atoms with E-state index in [0.29, 0.717) is 19.6 Å². The van der Waals surface area contributed by atoms with E-state index in [4.69, 9.17) is 14.6 Å². The van der Waals surface area contributed by atoms with E-state index in [2.05, 4.69) is 10.3 Å². The van der Waals surface area contributed by atoms with Gasteiger partial charge in [-0.3, -0.25) is 0 Å². The summed E-state index contributed by atoms with van der Waals surface area (Å²) < 4.78 is 12.4. The summed E-state index contributed by atoms with van der Waals surface area (Å²) in [7, 11) is 1.63. The highest BCUT2D eigenvalue weighted by atomic mass is 16.5. The van der Waals surface area contributed by atoms with Crippen LogP contribution in [0.3, 0.4) is 0 Å². The van der Waals surface area contributed by atoms with E-state index in [-0.39, 0.29) is 6.61 Å². The molecule has 6 heteroatoms. The molecule has 1 N–H and O–H groups in total. The fourth-order valence-electron chi connectivity index (χ4n) is 1.75. The first-order valence-electron chi connectivity index (χ1n) is 6.58. The van der Waals surface area contributed by atoms with Crippen molar-refractivity contribution in [3.05, 3.63) is 36.2 Å². The monoisotopic (exact) mass is 277 g/mol. The fraction of sp³-hybridized carbons (Fsp3) is 0.429. The molecule has 0 aliphatic rings. The number of aliphatic hydroxyl groups is 1. The Hall–Kier alpha value is -2.08. The second-order valence-corrected chi connectivity index (χ2v) is 4.32. The minimum atomic E-state index is 0.174. The van der Waals surface area contributed by atoms with E-state index in [9.17, 15) is 0 Å². The maximum atomic E-state index is 8.76. The van der Waals surface area contributed by atoms with Crippen molar-refractivity contribution in [3.63, 3.8) is 0 Å². The highest BCUT2D eigenvalue weighted by Crippen LogP contribution is 2.16. The van der Waals surface area contributed by atoms with Crippen LogP contribution in [0, 0.1) is 0 Å². The van der Waals surface area contributed by atoms with Gasteiger partial charge in [0.05, 0.1) is 19.3 Å². The first kappa shape index (κ1) is 14.3. The summed E-state index contributed by atoms with van der Waals surface area (Å²) in [6, 6.07) is 7.45. The fourth-order valence-corrected chi connectivity index (χ4v) is 1.75. The topological polar surface area (TPSA) is 69.4 Å². The number of methoxy groups -OCH3 is 1. The Morgan fingerprint density at radius 3 is 2.65 bits per heavy atom. The summed E-state index contributed by atoms with van der Waals surface area (Å²) in [6.45, 7) is 1.33. The first-order chi connectivity index (χ1) is 9.81. The van der Waals surface area contributed by atoms with Crippen molar-refractivity contribution in [2.75, 3.05) is 20.3 Å². The van der Waals surface area contributed by atoms with Crippen LogP contribution in [0.25, 0.3) is 0 Å². The largest absolute Gasteiger partial charge is 0.497 e. The molecule has 20 heavy (non-hydrogen) atoms. The average molecular weight is 277 g/mol. The van der Waals surface area contributed by atoms with Crippen molar-refractivity contribution in [2.45, 2.75) is 19.4 Å². The summed E-state index contributed by atoms with van der Waals surface area (Å²) in [4.78, 5) is 0. The molecule has 1 heterocycles. The zero-order chi connectivity index (χ0) is 14.2. The summed E-state index contributed by atoms with van der Waals surface area (Å²) in [5.74, 6) is 1.61. The van der Waals surface area contributed by atoms with E-state index in [0.717, 1.165) is 23.6 Å². The predicted octanol–water partition coefficient (Wildman–Crippen LogP) is 1.29. The molecule has 2 aromatic rings. The van der Waals surface area contributed by atoms with Crippen LogP contribution in [0.4, 0.5) is 0 Å². The molecule has 6 nitrogen and oxygen atoms in total. The van der Waals surface area contributed by atoms with Crippen LogP contribution >= 0.6 is 0 Å². The molecule has 0 unspecified atom stereocenters. The Balaban J connectivity index is 1.75. The third kappa shape index (κ3) is 4.24. The van der Waals surface area contributed by atoms with Gasteiger partial charge in [0.1, 0.15) is 18.1 Å². The van der Waals surface area contributed by atoms with Crippen molar-refractivity contribution < 1.29 is 14.6 Å². The Labute approximate surface area is 117 Å². The lowest BCUT2D eigenvalue weighted by Crippen LogP contribution is -2.08. The Morgan fingerprint density at radius 1 is 1.20 bits per heavy atom. The van der Waals surface area contributed by atoms with Gasteiger partial charge in [-0.1, -0.05) is 5.21 Å². The van der Waals surface area contributed by atoms with Gasteiger partial charge >= 0.3 is 0 Å². The van der Waals surface area contributed by atoms with Crippen molar-refractivity contribution in [1.29, 1.82) is 0 Å². The molecule has 0 spiro atoms. The van der Waals surface area contributed by atoms with E-state index in [1.165, 1.54) is 0 Å². The number of ether oxygens (including phenoxy) is 2. The quantitative estimate of drug-likeness (QED) is 0.787. The molecule has 0 atom stereocenters. The van der Waals surface area contributed by atoms with Crippen LogP contribution in [0.2, 0.25) is 0 Å². The molecule has 0 aliphatic carbocycles. The maximum Gasteiger partial charge on any atom is 0.119 e. The summed E-state index contributed by atoms with van der Waals surface area (Å²) >= 11 is 0. The second kappa shape index (κ2) is 7.49. The Morgan fingerprint density at radius 2 is 1.95 bits per heavy atom. The van der Waals surface area contributed by atoms with Crippen LogP contribution in [0.5, 0.6) is 11.5 Å². The SMILES string of the molecule is COc1ccc(OCCn2cc(CCCO)nn2)cc1. The van der Waals surface area contributed by atoms with Crippen LogP contribution in [-0.4, -0.2) is 40.4 Å². The van der Waals surface area contributed by atoms with E-state index in [1.807, 2.05) is 30.5 Å². The highest BCUT2D eigenvalue weighted by molar-refractivity contribution is 5.31. The lowest BCUT2D eigenvalue weighted by atomic mass is 10.3. The van der Waals surface area contributed by atoms with E-state index in [1.54, 1.807) is 11.8 Å². The van der Waals surface area contributed by atoms with E-state index >= 15 is 0 Å². The normalized spacial score (nSPS) is 10.5. The van der Waals surface area contributed by atoms with E-state index < -0.39 is 0 Å². The number of aryl methyl sites for hydroxylation is 1. The number of hydrogen-bond acceptors (Lipinski definition) is 5. The molecule has 0 saturated heterocycles. The maximum absolute atomic E-state index is 8.76. The lowest BCUT2D eigenvalue weighted by molar-refractivity contribution is 0.288. The summed E-state index contributed by atoms with van der Waals surface area (Å²) in [6.07, 6.45) is 3.34. The van der Waals surface area contributed by atoms with Gasteiger partial charge in [0.15, 0.2) is 0 Å². The van der Waals surface area contributed by atoms with Crippen molar-refractivity contribution in [1.82, 2.24) is 15.0 Å².